The molecule has 2 aromatic carbocycles. The number of methoxy groups -OCH3 is 1. The summed E-state index contributed by atoms with van der Waals surface area (Å²) >= 11 is 0. The zero-order valence-corrected chi connectivity index (χ0v) is 15.2. The molecular weight excluding hydrogens is 332 g/mol. The van der Waals surface area contributed by atoms with Crippen LogP contribution in [0.3, 0.4) is 0 Å². The lowest BCUT2D eigenvalue weighted by molar-refractivity contribution is -0.129. The molecule has 2 aromatic rings. The smallest absolute Gasteiger partial charge is 0.341 e. The second kappa shape index (κ2) is 8.89. The largest absolute Gasteiger partial charge is 0.497 e. The van der Waals surface area contributed by atoms with Crippen molar-refractivity contribution in [3.05, 3.63) is 59.2 Å². The first-order valence-electron chi connectivity index (χ1n) is 8.39. The van der Waals surface area contributed by atoms with E-state index in [2.05, 4.69) is 5.32 Å². The predicted molar refractivity (Wildman–Crippen MR) is 100 cm³/mol. The molecule has 0 fully saturated rings. The molecule has 0 saturated heterocycles. The van der Waals surface area contributed by atoms with Crippen molar-refractivity contribution in [2.45, 2.75) is 26.4 Å². The number of carbonyl (C=O) groups excluding carboxylic acids is 2. The molecule has 1 amide bonds. The molecule has 6 heteroatoms. The van der Waals surface area contributed by atoms with Crippen LogP contribution in [-0.2, 0) is 16.0 Å². The predicted octanol–water partition coefficient (Wildman–Crippen LogP) is 2.49. The Balaban J connectivity index is 1.83. The number of benzene rings is 2. The van der Waals surface area contributed by atoms with Gasteiger partial charge in [-0.15, -0.1) is 0 Å². The summed E-state index contributed by atoms with van der Waals surface area (Å²) in [5.41, 5.74) is 8.38. The third-order valence-electron chi connectivity index (χ3n) is 4.07. The molecular formula is C20H24N2O4. The summed E-state index contributed by atoms with van der Waals surface area (Å²) in [6.45, 7) is 3.79. The van der Waals surface area contributed by atoms with E-state index in [0.717, 1.165) is 16.9 Å². The average molecular weight is 356 g/mol. The van der Waals surface area contributed by atoms with E-state index < -0.39 is 12.1 Å². The van der Waals surface area contributed by atoms with Gasteiger partial charge in [0.25, 0.3) is 5.91 Å². The molecule has 0 spiro atoms. The van der Waals surface area contributed by atoms with Crippen LogP contribution < -0.4 is 15.8 Å². The maximum absolute atomic E-state index is 12.2. The van der Waals surface area contributed by atoms with Gasteiger partial charge in [0.05, 0.1) is 12.7 Å². The Morgan fingerprint density at radius 3 is 2.50 bits per heavy atom. The number of para-hydroxylation sites is 1. The summed E-state index contributed by atoms with van der Waals surface area (Å²) in [5.74, 6) is -0.171. The fraction of sp³-hybridized carbons (Fsp3) is 0.300. The van der Waals surface area contributed by atoms with Crippen LogP contribution in [0.15, 0.2) is 42.5 Å². The maximum atomic E-state index is 12.2. The number of carbonyl (C=O) groups is 2. The van der Waals surface area contributed by atoms with Crippen molar-refractivity contribution in [1.82, 2.24) is 5.32 Å². The van der Waals surface area contributed by atoms with Gasteiger partial charge in [0.1, 0.15) is 5.75 Å². The quantitative estimate of drug-likeness (QED) is 0.587. The lowest BCUT2D eigenvalue weighted by Gasteiger charge is -2.15. The minimum absolute atomic E-state index is 0.267. The number of hydrogen-bond donors (Lipinski definition) is 2. The van der Waals surface area contributed by atoms with Crippen molar-refractivity contribution in [3.8, 4) is 5.75 Å². The number of nitrogen functional groups attached to an aromatic ring is 1. The van der Waals surface area contributed by atoms with Crippen molar-refractivity contribution >= 4 is 17.6 Å². The zero-order chi connectivity index (χ0) is 19.1. The summed E-state index contributed by atoms with van der Waals surface area (Å²) in [5, 5.41) is 2.76. The van der Waals surface area contributed by atoms with Gasteiger partial charge in [0.15, 0.2) is 6.10 Å². The van der Waals surface area contributed by atoms with Crippen molar-refractivity contribution in [1.29, 1.82) is 0 Å². The van der Waals surface area contributed by atoms with Gasteiger partial charge in [-0.1, -0.05) is 24.3 Å². The molecule has 0 aliphatic carbocycles. The van der Waals surface area contributed by atoms with E-state index in [9.17, 15) is 9.59 Å². The third kappa shape index (κ3) is 4.99. The Bertz CT molecular complexity index is 772. The van der Waals surface area contributed by atoms with Crippen molar-refractivity contribution in [3.63, 3.8) is 0 Å². The second-order valence-electron chi connectivity index (χ2n) is 5.97. The topological polar surface area (TPSA) is 90.6 Å². The van der Waals surface area contributed by atoms with E-state index in [1.165, 1.54) is 6.92 Å². The molecule has 0 unspecified atom stereocenters. The Labute approximate surface area is 153 Å². The van der Waals surface area contributed by atoms with E-state index in [1.807, 2.05) is 24.3 Å². The number of aryl methyl sites for hydroxylation is 1. The van der Waals surface area contributed by atoms with Gasteiger partial charge in [-0.05, 0) is 49.6 Å². The number of nitrogens with one attached hydrogen (secondary N) is 1. The van der Waals surface area contributed by atoms with Gasteiger partial charge in [-0.2, -0.15) is 0 Å². The van der Waals surface area contributed by atoms with Crippen LogP contribution in [0.2, 0.25) is 0 Å². The number of ether oxygens (including phenoxy) is 2. The highest BCUT2D eigenvalue weighted by molar-refractivity contribution is 5.97. The number of esters is 1. The van der Waals surface area contributed by atoms with Gasteiger partial charge in [-0.25, -0.2) is 4.79 Å². The molecule has 2 rings (SSSR count). The summed E-state index contributed by atoms with van der Waals surface area (Å²) in [7, 11) is 1.61. The van der Waals surface area contributed by atoms with Crippen molar-refractivity contribution in [2.75, 3.05) is 19.4 Å². The van der Waals surface area contributed by atoms with E-state index in [1.54, 1.807) is 32.2 Å². The van der Waals surface area contributed by atoms with Gasteiger partial charge < -0.3 is 20.5 Å². The van der Waals surface area contributed by atoms with Crippen LogP contribution in [0.4, 0.5) is 5.69 Å². The molecule has 1 atom stereocenters. The molecule has 0 bridgehead atoms. The van der Waals surface area contributed by atoms with Crippen LogP contribution in [0, 0.1) is 6.92 Å². The van der Waals surface area contributed by atoms with Gasteiger partial charge in [-0.3, -0.25) is 4.79 Å². The van der Waals surface area contributed by atoms with E-state index in [4.69, 9.17) is 15.2 Å². The van der Waals surface area contributed by atoms with Crippen LogP contribution >= 0.6 is 0 Å². The summed E-state index contributed by atoms with van der Waals surface area (Å²) in [4.78, 5) is 24.3. The number of anilines is 1. The number of rotatable bonds is 7. The minimum Gasteiger partial charge on any atom is -0.497 e. The first-order chi connectivity index (χ1) is 12.4. The Morgan fingerprint density at radius 1 is 1.15 bits per heavy atom. The van der Waals surface area contributed by atoms with E-state index in [-0.39, 0.29) is 11.5 Å². The van der Waals surface area contributed by atoms with Crippen LogP contribution in [0.5, 0.6) is 5.75 Å². The highest BCUT2D eigenvalue weighted by Crippen LogP contribution is 2.18. The molecule has 0 heterocycles. The third-order valence-corrected chi connectivity index (χ3v) is 4.07. The molecule has 0 aliphatic heterocycles. The fourth-order valence-electron chi connectivity index (χ4n) is 2.40. The SMILES string of the molecule is COc1ccc(CCNC(=O)[C@H](C)OC(=O)c2cccc(C)c2N)cc1. The monoisotopic (exact) mass is 356 g/mol. The van der Waals surface area contributed by atoms with Crippen LogP contribution in [0.1, 0.15) is 28.4 Å². The molecule has 6 nitrogen and oxygen atoms in total. The average Bonchev–Trinajstić information content (AvgIpc) is 2.64. The molecule has 0 saturated carbocycles. The van der Waals surface area contributed by atoms with Gasteiger partial charge in [0.2, 0.25) is 0 Å². The Hall–Kier alpha value is -3.02. The normalized spacial score (nSPS) is 11.5. The fourth-order valence-corrected chi connectivity index (χ4v) is 2.40. The van der Waals surface area contributed by atoms with Gasteiger partial charge >= 0.3 is 5.97 Å². The standard InChI is InChI=1S/C20H24N2O4/c1-13-5-4-6-17(18(13)21)20(24)26-14(2)19(23)22-12-11-15-7-9-16(25-3)10-8-15/h4-10,14H,11-12,21H2,1-3H3,(H,22,23)/t14-/m0/s1. The molecule has 3 N–H and O–H groups in total. The Morgan fingerprint density at radius 2 is 1.85 bits per heavy atom. The van der Waals surface area contributed by atoms with Crippen LogP contribution in [-0.4, -0.2) is 31.6 Å². The highest BCUT2D eigenvalue weighted by atomic mass is 16.5. The first-order valence-corrected chi connectivity index (χ1v) is 8.39. The minimum atomic E-state index is -0.904. The summed E-state index contributed by atoms with van der Waals surface area (Å²) < 4.78 is 10.3. The summed E-state index contributed by atoms with van der Waals surface area (Å²) in [6, 6.07) is 12.7. The lowest BCUT2D eigenvalue weighted by Crippen LogP contribution is -2.37. The number of amides is 1. The molecule has 138 valence electrons. The van der Waals surface area contributed by atoms with Crippen molar-refractivity contribution in [2.24, 2.45) is 0 Å². The molecule has 0 radical (unpaired) electrons. The molecule has 0 aromatic heterocycles. The van der Waals surface area contributed by atoms with E-state index in [0.29, 0.717) is 18.7 Å². The Kier molecular flexibility index (Phi) is 6.60. The number of hydrogen-bond acceptors (Lipinski definition) is 5. The molecule has 26 heavy (non-hydrogen) atoms. The number of nitrogens with two attached hydrogens (primary N) is 1. The summed E-state index contributed by atoms with van der Waals surface area (Å²) in [6.07, 6.45) is -0.236. The lowest BCUT2D eigenvalue weighted by atomic mass is 10.1. The van der Waals surface area contributed by atoms with Crippen molar-refractivity contribution < 1.29 is 19.1 Å². The highest BCUT2D eigenvalue weighted by Gasteiger charge is 2.20. The van der Waals surface area contributed by atoms with Crippen LogP contribution in [0.25, 0.3) is 0 Å². The first kappa shape index (κ1) is 19.3. The maximum Gasteiger partial charge on any atom is 0.341 e. The second-order valence-corrected chi connectivity index (χ2v) is 5.97. The zero-order valence-electron chi connectivity index (χ0n) is 15.2. The van der Waals surface area contributed by atoms with E-state index >= 15 is 0 Å². The molecule has 0 aliphatic rings. The van der Waals surface area contributed by atoms with Gasteiger partial charge in [0, 0.05) is 12.2 Å².